The summed E-state index contributed by atoms with van der Waals surface area (Å²) in [6, 6.07) is 20.3. The van der Waals surface area contributed by atoms with Gasteiger partial charge in [0.25, 0.3) is 5.91 Å². The summed E-state index contributed by atoms with van der Waals surface area (Å²) >= 11 is 0. The molecule has 1 aliphatic heterocycles. The van der Waals surface area contributed by atoms with E-state index in [1.807, 2.05) is 35.2 Å². The molecule has 0 bridgehead atoms. The van der Waals surface area contributed by atoms with Crippen LogP contribution in [-0.2, 0) is 11.2 Å². The highest BCUT2D eigenvalue weighted by Crippen LogP contribution is 2.24. The zero-order valence-corrected chi connectivity index (χ0v) is 15.4. The van der Waals surface area contributed by atoms with Crippen LogP contribution in [0.15, 0.2) is 66.9 Å². The van der Waals surface area contributed by atoms with E-state index in [1.165, 1.54) is 5.56 Å². The number of nitrogens with zero attached hydrogens (tertiary/aromatic N) is 2. The van der Waals surface area contributed by atoms with Crippen molar-refractivity contribution in [3.8, 4) is 5.75 Å². The molecule has 1 aromatic heterocycles. The van der Waals surface area contributed by atoms with Gasteiger partial charge in [-0.1, -0.05) is 48.5 Å². The van der Waals surface area contributed by atoms with E-state index in [4.69, 9.17) is 4.74 Å². The van der Waals surface area contributed by atoms with Gasteiger partial charge in [-0.25, -0.2) is 0 Å². The SMILES string of the molecule is O=C(COc1cccc2cccnc12)N1CCC(Cc2ccccc2)CC1. The lowest BCUT2D eigenvalue weighted by Crippen LogP contribution is -2.41. The molecule has 0 N–H and O–H groups in total. The van der Waals surface area contributed by atoms with Gasteiger partial charge in [-0.2, -0.15) is 0 Å². The molecule has 138 valence electrons. The van der Waals surface area contributed by atoms with Crippen molar-refractivity contribution in [1.82, 2.24) is 9.88 Å². The van der Waals surface area contributed by atoms with Gasteiger partial charge in [0.2, 0.25) is 0 Å². The quantitative estimate of drug-likeness (QED) is 0.688. The number of rotatable bonds is 5. The van der Waals surface area contributed by atoms with E-state index < -0.39 is 0 Å². The number of ether oxygens (including phenoxy) is 1. The normalized spacial score (nSPS) is 15.0. The van der Waals surface area contributed by atoms with Gasteiger partial charge in [0.15, 0.2) is 6.61 Å². The number of hydrogen-bond donors (Lipinski definition) is 0. The van der Waals surface area contributed by atoms with Crippen molar-refractivity contribution < 1.29 is 9.53 Å². The third-order valence-corrected chi connectivity index (χ3v) is 5.28. The van der Waals surface area contributed by atoms with Gasteiger partial charge in [0.1, 0.15) is 11.3 Å². The first-order valence-electron chi connectivity index (χ1n) is 9.58. The summed E-state index contributed by atoms with van der Waals surface area (Å²) in [7, 11) is 0. The average Bonchev–Trinajstić information content (AvgIpc) is 2.73. The molecule has 4 nitrogen and oxygen atoms in total. The Hall–Kier alpha value is -2.88. The Balaban J connectivity index is 1.29. The summed E-state index contributed by atoms with van der Waals surface area (Å²) in [5, 5.41) is 1.02. The van der Waals surface area contributed by atoms with Crippen LogP contribution in [0, 0.1) is 5.92 Å². The maximum atomic E-state index is 12.6. The molecule has 4 heteroatoms. The van der Waals surface area contributed by atoms with Crippen LogP contribution in [0.5, 0.6) is 5.75 Å². The second-order valence-corrected chi connectivity index (χ2v) is 7.13. The van der Waals surface area contributed by atoms with E-state index >= 15 is 0 Å². The topological polar surface area (TPSA) is 42.4 Å². The minimum Gasteiger partial charge on any atom is -0.481 e. The molecule has 0 aliphatic carbocycles. The minimum atomic E-state index is 0.0566. The minimum absolute atomic E-state index is 0.0566. The van der Waals surface area contributed by atoms with E-state index in [0.717, 1.165) is 43.3 Å². The van der Waals surface area contributed by atoms with Gasteiger partial charge >= 0.3 is 0 Å². The molecule has 1 saturated heterocycles. The predicted molar refractivity (Wildman–Crippen MR) is 107 cm³/mol. The molecule has 3 aromatic rings. The number of piperidine rings is 1. The lowest BCUT2D eigenvalue weighted by molar-refractivity contribution is -0.134. The van der Waals surface area contributed by atoms with Crippen LogP contribution >= 0.6 is 0 Å². The molecule has 4 rings (SSSR count). The lowest BCUT2D eigenvalue weighted by Gasteiger charge is -2.32. The monoisotopic (exact) mass is 360 g/mol. The number of fused-ring (bicyclic) bond motifs is 1. The van der Waals surface area contributed by atoms with Gasteiger partial charge in [-0.3, -0.25) is 9.78 Å². The number of aromatic nitrogens is 1. The Morgan fingerprint density at radius 3 is 2.59 bits per heavy atom. The van der Waals surface area contributed by atoms with Crippen molar-refractivity contribution in [3.63, 3.8) is 0 Å². The number of carbonyl (C=O) groups excluding carboxylic acids is 1. The van der Waals surface area contributed by atoms with Crippen LogP contribution in [0.3, 0.4) is 0 Å². The van der Waals surface area contributed by atoms with Gasteiger partial charge in [0.05, 0.1) is 0 Å². The lowest BCUT2D eigenvalue weighted by atomic mass is 9.90. The number of carbonyl (C=O) groups is 1. The average molecular weight is 360 g/mol. The van der Waals surface area contributed by atoms with Crippen molar-refractivity contribution in [1.29, 1.82) is 0 Å². The van der Waals surface area contributed by atoms with E-state index in [1.54, 1.807) is 6.20 Å². The Morgan fingerprint density at radius 2 is 1.78 bits per heavy atom. The van der Waals surface area contributed by atoms with Crippen molar-refractivity contribution in [2.75, 3.05) is 19.7 Å². The van der Waals surface area contributed by atoms with Crippen LogP contribution in [0.4, 0.5) is 0 Å². The summed E-state index contributed by atoms with van der Waals surface area (Å²) in [5.41, 5.74) is 2.18. The van der Waals surface area contributed by atoms with E-state index in [2.05, 4.69) is 35.3 Å². The van der Waals surface area contributed by atoms with E-state index in [9.17, 15) is 4.79 Å². The van der Waals surface area contributed by atoms with Crippen molar-refractivity contribution in [2.24, 2.45) is 5.92 Å². The molecule has 1 aliphatic rings. The fourth-order valence-electron chi connectivity index (χ4n) is 3.76. The molecular formula is C23H24N2O2. The number of para-hydroxylation sites is 1. The number of pyridine rings is 1. The summed E-state index contributed by atoms with van der Waals surface area (Å²) < 4.78 is 5.80. The third-order valence-electron chi connectivity index (χ3n) is 5.28. The molecule has 0 saturated carbocycles. The fraction of sp³-hybridized carbons (Fsp3) is 0.304. The van der Waals surface area contributed by atoms with E-state index in [0.29, 0.717) is 11.7 Å². The summed E-state index contributed by atoms with van der Waals surface area (Å²) in [6.45, 7) is 1.69. The fourth-order valence-corrected chi connectivity index (χ4v) is 3.76. The van der Waals surface area contributed by atoms with Gasteiger partial charge < -0.3 is 9.64 Å². The molecule has 2 heterocycles. The number of amides is 1. The van der Waals surface area contributed by atoms with Crippen molar-refractivity contribution in [3.05, 3.63) is 72.4 Å². The molecule has 27 heavy (non-hydrogen) atoms. The van der Waals surface area contributed by atoms with Crippen LogP contribution < -0.4 is 4.74 Å². The summed E-state index contributed by atoms with van der Waals surface area (Å²) in [4.78, 5) is 18.9. The zero-order chi connectivity index (χ0) is 18.5. The molecular weight excluding hydrogens is 336 g/mol. The Bertz CT molecular complexity index is 897. The summed E-state index contributed by atoms with van der Waals surface area (Å²) in [6.07, 6.45) is 4.95. The third kappa shape index (κ3) is 4.27. The molecule has 2 aromatic carbocycles. The highest BCUT2D eigenvalue weighted by molar-refractivity contribution is 5.85. The maximum absolute atomic E-state index is 12.6. The van der Waals surface area contributed by atoms with Crippen molar-refractivity contribution >= 4 is 16.8 Å². The molecule has 1 fully saturated rings. The molecule has 0 radical (unpaired) electrons. The molecule has 1 amide bonds. The molecule has 0 atom stereocenters. The Labute approximate surface area is 159 Å². The van der Waals surface area contributed by atoms with Crippen LogP contribution in [0.1, 0.15) is 18.4 Å². The standard InChI is InChI=1S/C23H24N2O2/c26-22(17-27-21-10-4-8-20-9-5-13-24-23(20)21)25-14-11-19(12-15-25)16-18-6-2-1-3-7-18/h1-10,13,19H,11-12,14-17H2. The number of likely N-dealkylation sites (tertiary alicyclic amines) is 1. The smallest absolute Gasteiger partial charge is 0.260 e. The van der Waals surface area contributed by atoms with Gasteiger partial charge in [-0.05, 0) is 42.9 Å². The van der Waals surface area contributed by atoms with Gasteiger partial charge in [0, 0.05) is 24.7 Å². The predicted octanol–water partition coefficient (Wildman–Crippen LogP) is 4.09. The van der Waals surface area contributed by atoms with E-state index in [-0.39, 0.29) is 12.5 Å². The maximum Gasteiger partial charge on any atom is 0.260 e. The van der Waals surface area contributed by atoms with Crippen LogP contribution in [-0.4, -0.2) is 35.5 Å². The highest BCUT2D eigenvalue weighted by atomic mass is 16.5. The first-order valence-corrected chi connectivity index (χ1v) is 9.58. The van der Waals surface area contributed by atoms with Crippen LogP contribution in [0.25, 0.3) is 10.9 Å². The first-order chi connectivity index (χ1) is 13.3. The molecule has 0 unspecified atom stereocenters. The first kappa shape index (κ1) is 17.5. The molecule has 0 spiro atoms. The Kier molecular flexibility index (Phi) is 5.33. The number of hydrogen-bond acceptors (Lipinski definition) is 3. The second kappa shape index (κ2) is 8.21. The summed E-state index contributed by atoms with van der Waals surface area (Å²) in [5.74, 6) is 1.38. The van der Waals surface area contributed by atoms with Crippen LogP contribution in [0.2, 0.25) is 0 Å². The van der Waals surface area contributed by atoms with Crippen molar-refractivity contribution in [2.45, 2.75) is 19.3 Å². The largest absolute Gasteiger partial charge is 0.481 e. The highest BCUT2D eigenvalue weighted by Gasteiger charge is 2.23. The second-order valence-electron chi connectivity index (χ2n) is 7.13. The van der Waals surface area contributed by atoms with Gasteiger partial charge in [-0.15, -0.1) is 0 Å². The zero-order valence-electron chi connectivity index (χ0n) is 15.4. The Morgan fingerprint density at radius 1 is 1.00 bits per heavy atom. The number of benzene rings is 2.